The second-order valence-electron chi connectivity index (χ2n) is 38.2. The predicted molar refractivity (Wildman–Crippen MR) is 629 cm³/mol. The van der Waals surface area contributed by atoms with Crippen molar-refractivity contribution >= 4 is 182 Å². The van der Waals surface area contributed by atoms with Crippen molar-refractivity contribution in [2.75, 3.05) is 14.7 Å². The summed E-state index contributed by atoms with van der Waals surface area (Å²) in [5.74, 6) is 0.837. The lowest BCUT2D eigenvalue weighted by Crippen LogP contribution is -2.12. The number of aromatic nitrogens is 2. The van der Waals surface area contributed by atoms with Crippen molar-refractivity contribution in [2.24, 2.45) is 0 Å². The third kappa shape index (κ3) is 16.8. The molecule has 5 heterocycles. The van der Waals surface area contributed by atoms with Crippen LogP contribution in [0.3, 0.4) is 0 Å². The molecule has 0 radical (unpaired) electrons. The monoisotopic (exact) mass is 1920 g/mol. The fourth-order valence-corrected chi connectivity index (χ4v) is 21.8. The summed E-state index contributed by atoms with van der Waals surface area (Å²) < 4.78 is 19.5. The Balaban J connectivity index is 0.000000111. The van der Waals surface area contributed by atoms with E-state index in [-0.39, 0.29) is 0 Å². The Kier molecular flexibility index (Phi) is 22.8. The van der Waals surface area contributed by atoms with E-state index in [1.165, 1.54) is 76.8 Å². The summed E-state index contributed by atoms with van der Waals surface area (Å²) in [4.78, 5) is 16.6. The fourth-order valence-electron chi connectivity index (χ4n) is 21.8. The van der Waals surface area contributed by atoms with Gasteiger partial charge in [0.2, 0.25) is 0 Å². The fraction of sp³-hybridized carbons (Fsp3) is 0. The van der Waals surface area contributed by atoms with Crippen LogP contribution in [0.4, 0.5) is 51.3 Å². The van der Waals surface area contributed by atoms with Gasteiger partial charge in [0, 0.05) is 117 Å². The molecule has 150 heavy (non-hydrogen) atoms. The highest BCUT2D eigenvalue weighted by molar-refractivity contribution is 6.26. The van der Waals surface area contributed by atoms with Crippen molar-refractivity contribution < 1.29 is 13.3 Å². The maximum Gasteiger partial charge on any atom is 0.143 e. The molecule has 8 heteroatoms. The topological polar surface area (TPSA) is 74.9 Å². The van der Waals surface area contributed by atoms with Crippen LogP contribution < -0.4 is 14.7 Å². The van der Waals surface area contributed by atoms with Crippen LogP contribution in [0.25, 0.3) is 220 Å². The van der Waals surface area contributed by atoms with E-state index in [4.69, 9.17) is 18.2 Å². The van der Waals surface area contributed by atoms with Gasteiger partial charge in [-0.3, -0.25) is 9.88 Å². The molecular formula is C142H93N5O3. The lowest BCUT2D eigenvalue weighted by Gasteiger charge is -2.26. The first kappa shape index (κ1) is 88.8. The maximum atomic E-state index is 6.53. The van der Waals surface area contributed by atoms with Crippen LogP contribution >= 0.6 is 0 Å². The zero-order valence-corrected chi connectivity index (χ0v) is 81.7. The molecule has 0 bridgehead atoms. The van der Waals surface area contributed by atoms with Gasteiger partial charge in [-0.05, 0) is 297 Å². The summed E-state index contributed by atoms with van der Waals surface area (Å²) in [5, 5.41) is 20.8. The van der Waals surface area contributed by atoms with Crippen molar-refractivity contribution in [2.45, 2.75) is 0 Å². The van der Waals surface area contributed by atoms with Crippen LogP contribution in [-0.4, -0.2) is 9.97 Å². The van der Waals surface area contributed by atoms with Crippen LogP contribution in [-0.2, 0) is 0 Å². The average molecular weight is 1920 g/mol. The summed E-state index contributed by atoms with van der Waals surface area (Å²) in [6, 6.07) is 196. The Morgan fingerprint density at radius 3 is 0.853 bits per heavy atom. The van der Waals surface area contributed by atoms with Gasteiger partial charge in [0.05, 0.1) is 5.69 Å². The Morgan fingerprint density at radius 1 is 0.147 bits per heavy atom. The second-order valence-corrected chi connectivity index (χ2v) is 38.2. The van der Waals surface area contributed by atoms with Gasteiger partial charge in [0.1, 0.15) is 39.3 Å². The molecule has 0 saturated carbocycles. The molecule has 5 aromatic heterocycles. The number of nitrogens with zero attached hydrogens (tertiary/aromatic N) is 5. The molecule has 24 aromatic carbocycles. The van der Waals surface area contributed by atoms with E-state index in [9.17, 15) is 0 Å². The van der Waals surface area contributed by atoms with E-state index >= 15 is 0 Å². The van der Waals surface area contributed by atoms with Crippen LogP contribution in [0, 0.1) is 0 Å². The Bertz CT molecular complexity index is 10000. The SMILES string of the molecule is c1ccc(-c2ccc(N(c3cc(-c4ccccc4)cc(-c4ccccc4)c3)c3ccc4c(ccc5ccc6c7ccccc7oc6c54)c3)nc2)cc1.c1ccc(-c2ccc(N(c3ccccc3)c3ccc(-c4ccc5c(ccc6ccc7c8ccccc8oc7c65)c4)cc3)cc2)cc1.c1ccc(-c2cccc(-c3ccc(N(c4ccc(-c5ccccn5)cc4)c4ccc5c(ccc6ccc7c8ccccc8oc7c65)c4)cc3)c2)cc1. The molecule has 0 spiro atoms. The lowest BCUT2D eigenvalue weighted by molar-refractivity contribution is 0.672. The lowest BCUT2D eigenvalue weighted by atomic mass is 9.96. The first-order valence-corrected chi connectivity index (χ1v) is 50.9. The maximum absolute atomic E-state index is 6.53. The molecule has 0 saturated heterocycles. The van der Waals surface area contributed by atoms with Crippen LogP contribution in [0.2, 0.25) is 0 Å². The summed E-state index contributed by atoms with van der Waals surface area (Å²) in [6.45, 7) is 0. The third-order valence-electron chi connectivity index (χ3n) is 29.2. The van der Waals surface area contributed by atoms with Gasteiger partial charge in [0.15, 0.2) is 0 Å². The van der Waals surface area contributed by atoms with Crippen molar-refractivity contribution in [3.8, 4) is 89.1 Å². The second kappa shape index (κ2) is 38.6. The van der Waals surface area contributed by atoms with Gasteiger partial charge in [0.25, 0.3) is 0 Å². The number of anilines is 9. The number of para-hydroxylation sites is 4. The Hall–Kier alpha value is -20.1. The van der Waals surface area contributed by atoms with Crippen molar-refractivity contribution in [3.05, 3.63) is 564 Å². The minimum Gasteiger partial charge on any atom is -0.455 e. The van der Waals surface area contributed by atoms with Gasteiger partial charge < -0.3 is 23.1 Å². The largest absolute Gasteiger partial charge is 0.455 e. The quantitative estimate of drug-likeness (QED) is 0.0835. The van der Waals surface area contributed by atoms with E-state index < -0.39 is 0 Å². The molecule has 704 valence electrons. The summed E-state index contributed by atoms with van der Waals surface area (Å²) in [7, 11) is 0. The average Bonchev–Trinajstić information content (AvgIpc) is 1.57. The number of pyridine rings is 2. The highest BCUT2D eigenvalue weighted by atomic mass is 16.3. The number of hydrogen-bond acceptors (Lipinski definition) is 8. The van der Waals surface area contributed by atoms with Crippen molar-refractivity contribution in [1.29, 1.82) is 0 Å². The Labute approximate surface area is 867 Å². The Morgan fingerprint density at radius 2 is 0.433 bits per heavy atom. The first-order valence-electron chi connectivity index (χ1n) is 50.9. The zero-order chi connectivity index (χ0) is 99.3. The van der Waals surface area contributed by atoms with E-state index in [0.29, 0.717) is 0 Å². The number of benzene rings is 24. The minimum absolute atomic E-state index is 0.837. The molecule has 0 aliphatic heterocycles. The van der Waals surface area contributed by atoms with Gasteiger partial charge >= 0.3 is 0 Å². The minimum atomic E-state index is 0.837. The first-order chi connectivity index (χ1) is 74.3. The number of rotatable bonds is 17. The summed E-state index contributed by atoms with van der Waals surface area (Å²) >= 11 is 0. The standard InChI is InChI=1S/2C49H32N2O.C44H29NO/c1-4-12-33(13-5-1)38-23-27-47(50-32-38)51(42-30-39(34-14-6-2-7-15-34)28-40(31-42)35-16-8-3-9-17-35)41-24-26-43-37(29-41)21-20-36-22-25-45-44-18-10-11-19-46(44)52-49(45)48(36)43;1-2-9-33(10-3-1)37-11-8-12-38(31-37)34-18-23-40(24-19-34)51(41-25-20-35(21-26-41)46-14-6-7-30-50-46)42-27-29-43-39(32-42)17-16-36-22-28-45-44-13-4-5-15-47(44)52-49(45)48(36)43;1-3-9-30(10-4-1)31-17-23-37(24-18-31)45(36-11-5-2-6-12-36)38-25-19-32(20-26-38)34-22-27-39-35(29-34)16-15-33-21-28-41-40-13-7-8-14-42(40)46-44(41)43(33)39/h2*1-32H;1-29H. The molecule has 0 N–H and O–H groups in total. The van der Waals surface area contributed by atoms with E-state index in [2.05, 4.69) is 511 Å². The van der Waals surface area contributed by atoms with E-state index in [0.717, 1.165) is 194 Å². The van der Waals surface area contributed by atoms with Gasteiger partial charge in [-0.15, -0.1) is 0 Å². The molecule has 0 aliphatic carbocycles. The normalized spacial score (nSPS) is 11.5. The van der Waals surface area contributed by atoms with Crippen LogP contribution in [0.15, 0.2) is 578 Å². The predicted octanol–water partition coefficient (Wildman–Crippen LogP) is 40.2. The van der Waals surface area contributed by atoms with E-state index in [1.807, 2.05) is 73.1 Å². The van der Waals surface area contributed by atoms with Gasteiger partial charge in [-0.1, -0.05) is 376 Å². The molecule has 0 unspecified atom stereocenters. The van der Waals surface area contributed by atoms with Gasteiger partial charge in [-0.25, -0.2) is 4.98 Å². The molecule has 0 amide bonds. The van der Waals surface area contributed by atoms with Crippen molar-refractivity contribution in [1.82, 2.24) is 9.97 Å². The highest BCUT2D eigenvalue weighted by Gasteiger charge is 2.25. The molecule has 29 aromatic rings. The molecule has 0 aliphatic rings. The molecule has 29 rings (SSSR count). The number of fused-ring (bicyclic) bond motifs is 21. The molecule has 8 nitrogen and oxygen atoms in total. The third-order valence-corrected chi connectivity index (χ3v) is 29.2. The summed E-state index contributed by atoms with van der Waals surface area (Å²) in [5.41, 5.74) is 32.6. The smallest absolute Gasteiger partial charge is 0.143 e. The number of furan rings is 3. The molecular weight excluding hydrogens is 1820 g/mol. The summed E-state index contributed by atoms with van der Waals surface area (Å²) in [6.07, 6.45) is 3.81. The van der Waals surface area contributed by atoms with Crippen LogP contribution in [0.5, 0.6) is 0 Å². The number of hydrogen-bond donors (Lipinski definition) is 0. The van der Waals surface area contributed by atoms with E-state index in [1.54, 1.807) is 0 Å². The molecule has 0 fully saturated rings. The highest BCUT2D eigenvalue weighted by Crippen LogP contribution is 2.49. The van der Waals surface area contributed by atoms with Gasteiger partial charge in [-0.2, -0.15) is 0 Å². The molecule has 0 atom stereocenters. The zero-order valence-electron chi connectivity index (χ0n) is 81.7. The van der Waals surface area contributed by atoms with Crippen LogP contribution in [0.1, 0.15) is 0 Å². The van der Waals surface area contributed by atoms with Crippen molar-refractivity contribution in [3.63, 3.8) is 0 Å².